The van der Waals surface area contributed by atoms with Crippen molar-refractivity contribution in [1.29, 1.82) is 5.26 Å². The minimum absolute atomic E-state index is 0.0102. The maximum atomic E-state index is 12.6. The highest BCUT2D eigenvalue weighted by molar-refractivity contribution is 7.97. The number of hydrogen-bond acceptors (Lipinski definition) is 5. The van der Waals surface area contributed by atoms with Gasteiger partial charge in [-0.05, 0) is 48.4 Å². The summed E-state index contributed by atoms with van der Waals surface area (Å²) in [4.78, 5) is 22.5. The largest absolute Gasteiger partial charge is 0.309 e. The van der Waals surface area contributed by atoms with Crippen LogP contribution >= 0.6 is 23.1 Å². The Bertz CT molecular complexity index is 1040. The van der Waals surface area contributed by atoms with Gasteiger partial charge in [0.25, 0.3) is 5.56 Å². The predicted octanol–water partition coefficient (Wildman–Crippen LogP) is 4.41. The molecule has 0 radical (unpaired) electrons. The second kappa shape index (κ2) is 7.26. The van der Waals surface area contributed by atoms with Gasteiger partial charge in [0.2, 0.25) is 0 Å². The zero-order valence-corrected chi connectivity index (χ0v) is 16.2. The fourth-order valence-electron chi connectivity index (χ4n) is 3.40. The molecule has 6 heteroatoms. The number of aromatic amines is 1. The lowest BCUT2D eigenvalue weighted by Gasteiger charge is -2.17. The topological polar surface area (TPSA) is 69.5 Å². The molecule has 0 fully saturated rings. The highest BCUT2D eigenvalue weighted by Gasteiger charge is 2.22. The summed E-state index contributed by atoms with van der Waals surface area (Å²) in [5, 5.41) is 9.66. The molecule has 132 valence electrons. The lowest BCUT2D eigenvalue weighted by molar-refractivity contribution is 0.509. The van der Waals surface area contributed by atoms with Gasteiger partial charge in [0.1, 0.15) is 10.7 Å². The number of aromatic nitrogens is 2. The van der Waals surface area contributed by atoms with Crippen molar-refractivity contribution >= 4 is 33.3 Å². The van der Waals surface area contributed by atoms with Crippen LogP contribution in [0.2, 0.25) is 0 Å². The molecule has 0 bridgehead atoms. The van der Waals surface area contributed by atoms with Crippen molar-refractivity contribution < 1.29 is 0 Å². The van der Waals surface area contributed by atoms with Crippen LogP contribution in [0.15, 0.2) is 29.1 Å². The molecule has 1 aliphatic carbocycles. The minimum atomic E-state index is 0.0102. The third-order valence-corrected chi connectivity index (χ3v) is 6.97. The van der Waals surface area contributed by atoms with Gasteiger partial charge in [-0.15, -0.1) is 23.1 Å². The molecule has 0 spiro atoms. The molecule has 0 amide bonds. The Morgan fingerprint density at radius 3 is 2.92 bits per heavy atom. The normalized spacial score (nSPS) is 16.4. The van der Waals surface area contributed by atoms with Gasteiger partial charge in [-0.25, -0.2) is 4.98 Å². The summed E-state index contributed by atoms with van der Waals surface area (Å²) in [6.07, 6.45) is 3.22. The quantitative estimate of drug-likeness (QED) is 0.726. The van der Waals surface area contributed by atoms with E-state index >= 15 is 0 Å². The van der Waals surface area contributed by atoms with E-state index in [2.05, 4.69) is 18.0 Å². The summed E-state index contributed by atoms with van der Waals surface area (Å²) >= 11 is 3.41. The molecule has 3 aromatic rings. The van der Waals surface area contributed by atoms with E-state index in [0.29, 0.717) is 17.2 Å². The summed E-state index contributed by atoms with van der Waals surface area (Å²) in [7, 11) is 0. The van der Waals surface area contributed by atoms with Gasteiger partial charge in [0.15, 0.2) is 0 Å². The Morgan fingerprint density at radius 1 is 1.35 bits per heavy atom. The zero-order chi connectivity index (χ0) is 18.1. The average molecular weight is 382 g/mol. The highest BCUT2D eigenvalue weighted by Crippen LogP contribution is 2.35. The molecule has 4 rings (SSSR count). The third kappa shape index (κ3) is 3.42. The van der Waals surface area contributed by atoms with E-state index in [-0.39, 0.29) is 5.56 Å². The molecule has 1 aromatic carbocycles. The number of thioether (sulfide) groups is 1. The van der Waals surface area contributed by atoms with Crippen molar-refractivity contribution in [1.82, 2.24) is 9.97 Å². The number of H-pyrrole nitrogens is 1. The van der Waals surface area contributed by atoms with E-state index in [1.807, 2.05) is 24.3 Å². The molecule has 4 nitrogen and oxygen atoms in total. The fourth-order valence-corrected chi connectivity index (χ4v) is 5.67. The Labute approximate surface area is 160 Å². The molecule has 2 heterocycles. The molecule has 1 N–H and O–H groups in total. The molecule has 2 aromatic heterocycles. The van der Waals surface area contributed by atoms with Crippen molar-refractivity contribution in [2.24, 2.45) is 5.92 Å². The lowest BCUT2D eigenvalue weighted by Crippen LogP contribution is -2.14. The number of fused-ring (bicyclic) bond motifs is 3. The van der Waals surface area contributed by atoms with E-state index in [9.17, 15) is 4.79 Å². The standard InChI is InChI=1S/C20H19N3OS2/c1-12-2-7-15-16(8-12)26-20-18(15)19(24)22-17(23-20)11-25-10-14-5-3-13(9-21)4-6-14/h3-6,12H,2,7-8,10-11H2,1H3,(H,22,23,24)/t12-/m1/s1. The highest BCUT2D eigenvalue weighted by atomic mass is 32.2. The number of rotatable bonds is 4. The first-order chi connectivity index (χ1) is 12.6. The summed E-state index contributed by atoms with van der Waals surface area (Å²) in [5.74, 6) is 2.93. The molecule has 1 atom stereocenters. The maximum absolute atomic E-state index is 12.6. The van der Waals surface area contributed by atoms with Gasteiger partial charge in [-0.1, -0.05) is 19.1 Å². The van der Waals surface area contributed by atoms with E-state index in [1.54, 1.807) is 23.1 Å². The monoisotopic (exact) mass is 381 g/mol. The molecule has 26 heavy (non-hydrogen) atoms. The molecule has 0 unspecified atom stereocenters. The summed E-state index contributed by atoms with van der Waals surface area (Å²) in [5.41, 5.74) is 3.08. The Balaban J connectivity index is 1.50. The Morgan fingerprint density at radius 2 is 2.15 bits per heavy atom. The van der Waals surface area contributed by atoms with Gasteiger partial charge in [-0.2, -0.15) is 5.26 Å². The smallest absolute Gasteiger partial charge is 0.259 e. The number of nitrogens with one attached hydrogen (secondary N) is 1. The van der Waals surface area contributed by atoms with Gasteiger partial charge in [0.05, 0.1) is 22.8 Å². The SMILES string of the molecule is C[C@@H]1CCc2c(sc3nc(CSCc4ccc(C#N)cc4)[nH]c(=O)c23)C1. The molecule has 0 aliphatic heterocycles. The van der Waals surface area contributed by atoms with Crippen LogP contribution in [-0.4, -0.2) is 9.97 Å². The fraction of sp³-hybridized carbons (Fsp3) is 0.350. The number of thiophene rings is 1. The lowest BCUT2D eigenvalue weighted by atomic mass is 9.89. The van der Waals surface area contributed by atoms with Crippen LogP contribution < -0.4 is 5.56 Å². The van der Waals surface area contributed by atoms with Crippen molar-refractivity contribution in [3.8, 4) is 6.07 Å². The first-order valence-electron chi connectivity index (χ1n) is 8.74. The molecule has 1 aliphatic rings. The first-order valence-corrected chi connectivity index (χ1v) is 10.7. The van der Waals surface area contributed by atoms with E-state index < -0.39 is 0 Å². The molecule has 0 saturated carbocycles. The predicted molar refractivity (Wildman–Crippen MR) is 108 cm³/mol. The third-order valence-electron chi connectivity index (χ3n) is 4.81. The molecular formula is C20H19N3OS2. The van der Waals surface area contributed by atoms with Crippen molar-refractivity contribution in [3.63, 3.8) is 0 Å². The zero-order valence-electron chi connectivity index (χ0n) is 14.5. The van der Waals surface area contributed by atoms with Crippen LogP contribution in [0.25, 0.3) is 10.2 Å². The van der Waals surface area contributed by atoms with Crippen LogP contribution in [-0.2, 0) is 24.3 Å². The van der Waals surface area contributed by atoms with Gasteiger partial charge >= 0.3 is 0 Å². The van der Waals surface area contributed by atoms with Crippen molar-refractivity contribution in [2.75, 3.05) is 0 Å². The number of hydrogen-bond donors (Lipinski definition) is 1. The number of nitriles is 1. The minimum Gasteiger partial charge on any atom is -0.309 e. The van der Waals surface area contributed by atoms with Crippen molar-refractivity contribution in [2.45, 2.75) is 37.7 Å². The Kier molecular flexibility index (Phi) is 4.84. The van der Waals surface area contributed by atoms with E-state index in [0.717, 1.165) is 46.6 Å². The maximum Gasteiger partial charge on any atom is 0.259 e. The van der Waals surface area contributed by atoms with Crippen LogP contribution in [0.1, 0.15) is 40.7 Å². The van der Waals surface area contributed by atoms with Crippen LogP contribution in [0.3, 0.4) is 0 Å². The molecular weight excluding hydrogens is 362 g/mol. The van der Waals surface area contributed by atoms with Gasteiger partial charge in [-0.3, -0.25) is 4.79 Å². The van der Waals surface area contributed by atoms with E-state index in [4.69, 9.17) is 10.2 Å². The van der Waals surface area contributed by atoms with Crippen LogP contribution in [0.4, 0.5) is 0 Å². The van der Waals surface area contributed by atoms with Crippen LogP contribution in [0.5, 0.6) is 0 Å². The van der Waals surface area contributed by atoms with Crippen molar-refractivity contribution in [3.05, 3.63) is 62.0 Å². The summed E-state index contributed by atoms with van der Waals surface area (Å²) < 4.78 is 0. The Hall–Kier alpha value is -2.10. The van der Waals surface area contributed by atoms with Gasteiger partial charge < -0.3 is 4.98 Å². The number of benzene rings is 1. The second-order valence-corrected chi connectivity index (χ2v) is 8.92. The average Bonchev–Trinajstić information content (AvgIpc) is 3.00. The first kappa shape index (κ1) is 17.3. The number of aryl methyl sites for hydroxylation is 1. The summed E-state index contributed by atoms with van der Waals surface area (Å²) in [6, 6.07) is 9.74. The second-order valence-electron chi connectivity index (χ2n) is 6.85. The van der Waals surface area contributed by atoms with Gasteiger partial charge in [0, 0.05) is 10.6 Å². The summed E-state index contributed by atoms with van der Waals surface area (Å²) in [6.45, 7) is 2.27. The van der Waals surface area contributed by atoms with E-state index in [1.165, 1.54) is 10.4 Å². The van der Waals surface area contributed by atoms with Crippen LogP contribution in [0, 0.1) is 17.2 Å². The molecule has 0 saturated heterocycles. The number of nitrogens with zero attached hydrogens (tertiary/aromatic N) is 2.